The van der Waals surface area contributed by atoms with E-state index in [0.717, 1.165) is 27.2 Å². The Hall–Kier alpha value is -5.70. The van der Waals surface area contributed by atoms with Crippen LogP contribution in [0.25, 0.3) is 11.1 Å². The Morgan fingerprint density at radius 3 is 2.29 bits per heavy atom. The highest BCUT2D eigenvalue weighted by atomic mass is 16.5. The lowest BCUT2D eigenvalue weighted by molar-refractivity contribution is -0.136. The molecular weight excluding hydrogens is 660 g/mol. The van der Waals surface area contributed by atoms with Crippen molar-refractivity contribution in [1.29, 1.82) is 0 Å². The van der Waals surface area contributed by atoms with Gasteiger partial charge in [-0.2, -0.15) is 0 Å². The number of ether oxygens (including phenoxy) is 3. The molecule has 6 amide bonds. The molecular formula is C36H38N6O9. The van der Waals surface area contributed by atoms with Crippen molar-refractivity contribution >= 4 is 29.7 Å². The maximum Gasteiger partial charge on any atom is 0.317 e. The number of likely N-dealkylation sites (tertiary alicyclic amines) is 1. The van der Waals surface area contributed by atoms with Gasteiger partial charge in [-0.25, -0.2) is 4.79 Å². The first-order valence-electron chi connectivity index (χ1n) is 16.7. The summed E-state index contributed by atoms with van der Waals surface area (Å²) in [5.74, 6) is -0.549. The fourth-order valence-corrected chi connectivity index (χ4v) is 7.34. The third kappa shape index (κ3) is 5.96. The Kier molecular flexibility index (Phi) is 8.75. The van der Waals surface area contributed by atoms with Crippen molar-refractivity contribution in [1.82, 2.24) is 29.9 Å². The van der Waals surface area contributed by atoms with Crippen LogP contribution in [0.3, 0.4) is 0 Å². The third-order valence-corrected chi connectivity index (χ3v) is 10.0. The molecule has 266 valence electrons. The number of fused-ring (bicyclic) bond motifs is 2. The highest BCUT2D eigenvalue weighted by Crippen LogP contribution is 2.39. The maximum absolute atomic E-state index is 13.2. The minimum atomic E-state index is -1.03. The van der Waals surface area contributed by atoms with E-state index < -0.39 is 29.7 Å². The Balaban J connectivity index is 1.04. The van der Waals surface area contributed by atoms with Gasteiger partial charge in [0.15, 0.2) is 0 Å². The smallest absolute Gasteiger partial charge is 0.317 e. The van der Waals surface area contributed by atoms with Crippen LogP contribution in [0.4, 0.5) is 4.79 Å². The van der Waals surface area contributed by atoms with Gasteiger partial charge < -0.3 is 29.0 Å². The van der Waals surface area contributed by atoms with E-state index in [1.807, 2.05) is 18.3 Å². The van der Waals surface area contributed by atoms with Crippen molar-refractivity contribution in [3.8, 4) is 28.4 Å². The van der Waals surface area contributed by atoms with Gasteiger partial charge in [-0.1, -0.05) is 0 Å². The van der Waals surface area contributed by atoms with E-state index in [1.165, 1.54) is 16.7 Å². The monoisotopic (exact) mass is 698 g/mol. The Morgan fingerprint density at radius 2 is 1.63 bits per heavy atom. The summed E-state index contributed by atoms with van der Waals surface area (Å²) in [6.07, 6.45) is 2.31. The number of carbonyl (C=O) groups is 5. The molecule has 15 nitrogen and oxygen atoms in total. The molecule has 4 aliphatic rings. The maximum atomic E-state index is 13.2. The highest BCUT2D eigenvalue weighted by Gasteiger charge is 2.45. The van der Waals surface area contributed by atoms with Crippen LogP contribution in [0.2, 0.25) is 0 Å². The lowest BCUT2D eigenvalue weighted by atomic mass is 9.91. The van der Waals surface area contributed by atoms with E-state index in [9.17, 15) is 28.8 Å². The zero-order chi connectivity index (χ0) is 36.1. The SMILES string of the molecule is CNC(=O)N1CCc2c(-c3cc(OC)c(CN4CC(Oc5ccc6c(c5)C(=O)N(C5CCC(=O)NC5=O)C6=O)C4)c(OC)c3)cn(C)c(=O)c2C1. The molecule has 0 bridgehead atoms. The number of pyridine rings is 1. The summed E-state index contributed by atoms with van der Waals surface area (Å²) in [6.45, 7) is 2.38. The number of rotatable bonds is 8. The molecule has 2 saturated heterocycles. The number of imide groups is 2. The minimum Gasteiger partial charge on any atom is -0.496 e. The summed E-state index contributed by atoms with van der Waals surface area (Å²) >= 11 is 0. The average Bonchev–Trinajstić information content (AvgIpc) is 3.36. The van der Waals surface area contributed by atoms with Crippen LogP contribution in [-0.4, -0.2) is 102 Å². The van der Waals surface area contributed by atoms with Gasteiger partial charge in [-0.15, -0.1) is 0 Å². The van der Waals surface area contributed by atoms with Crippen LogP contribution < -0.4 is 30.4 Å². The number of piperidine rings is 1. The second-order valence-corrected chi connectivity index (χ2v) is 13.1. The van der Waals surface area contributed by atoms with Gasteiger partial charge in [-0.05, 0) is 54.3 Å². The van der Waals surface area contributed by atoms with Crippen LogP contribution in [-0.2, 0) is 36.1 Å². The molecule has 7 rings (SSSR count). The number of nitrogens with one attached hydrogen (secondary N) is 2. The summed E-state index contributed by atoms with van der Waals surface area (Å²) in [7, 11) is 6.47. The number of nitrogens with zero attached hydrogens (tertiary/aromatic N) is 4. The number of aromatic nitrogens is 1. The lowest BCUT2D eigenvalue weighted by Gasteiger charge is -2.39. The molecule has 2 aromatic carbocycles. The van der Waals surface area contributed by atoms with Gasteiger partial charge in [-0.3, -0.25) is 39.1 Å². The quantitative estimate of drug-likeness (QED) is 0.329. The molecule has 0 radical (unpaired) electrons. The summed E-state index contributed by atoms with van der Waals surface area (Å²) in [4.78, 5) is 80.4. The number of hydrogen-bond donors (Lipinski definition) is 2. The Morgan fingerprint density at radius 1 is 0.922 bits per heavy atom. The molecule has 51 heavy (non-hydrogen) atoms. The zero-order valence-electron chi connectivity index (χ0n) is 28.7. The topological polar surface area (TPSA) is 169 Å². The first-order chi connectivity index (χ1) is 24.5. The van der Waals surface area contributed by atoms with E-state index in [4.69, 9.17) is 14.2 Å². The van der Waals surface area contributed by atoms with E-state index >= 15 is 0 Å². The molecule has 0 spiro atoms. The van der Waals surface area contributed by atoms with E-state index in [1.54, 1.807) is 39.3 Å². The van der Waals surface area contributed by atoms with E-state index in [0.29, 0.717) is 55.4 Å². The molecule has 0 saturated carbocycles. The van der Waals surface area contributed by atoms with Crippen molar-refractivity contribution in [2.45, 2.75) is 44.5 Å². The largest absolute Gasteiger partial charge is 0.496 e. The molecule has 2 N–H and O–H groups in total. The van der Waals surface area contributed by atoms with Crippen LogP contribution in [0.5, 0.6) is 17.2 Å². The van der Waals surface area contributed by atoms with Crippen LogP contribution >= 0.6 is 0 Å². The van der Waals surface area contributed by atoms with Crippen LogP contribution in [0.1, 0.15) is 50.2 Å². The molecule has 15 heteroatoms. The van der Waals surface area contributed by atoms with Crippen molar-refractivity contribution < 1.29 is 38.2 Å². The van der Waals surface area contributed by atoms with E-state index in [2.05, 4.69) is 15.5 Å². The third-order valence-electron chi connectivity index (χ3n) is 10.0. The Labute approximate surface area is 293 Å². The second kappa shape index (κ2) is 13.2. The minimum absolute atomic E-state index is 0.0513. The number of benzene rings is 2. The van der Waals surface area contributed by atoms with Crippen molar-refractivity contribution in [2.75, 3.05) is 40.9 Å². The molecule has 1 aromatic heterocycles. The van der Waals surface area contributed by atoms with Gasteiger partial charge in [0.25, 0.3) is 17.4 Å². The summed E-state index contributed by atoms with van der Waals surface area (Å²) in [6, 6.07) is 7.33. The molecule has 4 aliphatic heterocycles. The van der Waals surface area contributed by atoms with Gasteiger partial charge in [0.1, 0.15) is 29.4 Å². The molecule has 0 aliphatic carbocycles. The molecule has 5 heterocycles. The van der Waals surface area contributed by atoms with Gasteiger partial charge in [0.05, 0.1) is 37.5 Å². The average molecular weight is 699 g/mol. The number of hydrogen-bond acceptors (Lipinski definition) is 10. The predicted molar refractivity (Wildman–Crippen MR) is 182 cm³/mol. The number of methoxy groups -OCH3 is 2. The van der Waals surface area contributed by atoms with Gasteiger partial charge in [0.2, 0.25) is 11.8 Å². The normalized spacial score (nSPS) is 18.9. The number of aryl methyl sites for hydroxylation is 1. The Bertz CT molecular complexity index is 2030. The number of amides is 6. The van der Waals surface area contributed by atoms with Crippen LogP contribution in [0, 0.1) is 0 Å². The molecule has 1 atom stereocenters. The van der Waals surface area contributed by atoms with Crippen molar-refractivity contribution in [3.63, 3.8) is 0 Å². The van der Waals surface area contributed by atoms with Crippen LogP contribution in [0.15, 0.2) is 41.3 Å². The zero-order valence-corrected chi connectivity index (χ0v) is 28.7. The summed E-state index contributed by atoms with van der Waals surface area (Å²) in [5, 5.41) is 4.84. The molecule has 2 fully saturated rings. The fraction of sp³-hybridized carbons (Fsp3) is 0.389. The first-order valence-corrected chi connectivity index (χ1v) is 16.7. The summed E-state index contributed by atoms with van der Waals surface area (Å²) in [5.41, 5.74) is 4.26. The number of urea groups is 1. The van der Waals surface area contributed by atoms with Crippen molar-refractivity contribution in [3.05, 3.63) is 74.7 Å². The fourth-order valence-electron chi connectivity index (χ4n) is 7.34. The summed E-state index contributed by atoms with van der Waals surface area (Å²) < 4.78 is 19.4. The molecule has 1 unspecified atom stereocenters. The standard InChI is InChI=1S/C36H38N6O9/c1-37-36(48)41-10-9-22-25(16-39(2)33(45)26(22)18-41)19-11-29(49-3)27(30(12-19)50-4)17-40-14-21(15-40)51-20-5-6-23-24(13-20)35(47)42(34(23)46)28-7-8-31(43)38-32(28)44/h5-6,11-13,16,21,28H,7-10,14-15,17-18H2,1-4H3,(H,37,48)(H,38,43,44). The second-order valence-electron chi connectivity index (χ2n) is 13.1. The number of carbonyl (C=O) groups excluding carboxylic acids is 5. The predicted octanol–water partition coefficient (Wildman–Crippen LogP) is 1.43. The first kappa shape index (κ1) is 33.8. The molecule has 3 aromatic rings. The highest BCUT2D eigenvalue weighted by molar-refractivity contribution is 6.23. The lowest BCUT2D eigenvalue weighted by Crippen LogP contribution is -2.54. The van der Waals surface area contributed by atoms with Gasteiger partial charge in [0, 0.05) is 64.0 Å². The van der Waals surface area contributed by atoms with E-state index in [-0.39, 0.29) is 48.2 Å². The van der Waals surface area contributed by atoms with Gasteiger partial charge >= 0.3 is 6.03 Å². The van der Waals surface area contributed by atoms with Crippen molar-refractivity contribution in [2.24, 2.45) is 7.05 Å².